The molecule has 2 aromatic rings. The van der Waals surface area contributed by atoms with Crippen LogP contribution >= 0.6 is 11.6 Å². The average Bonchev–Trinajstić information content (AvgIpc) is 3.10. The van der Waals surface area contributed by atoms with Crippen LogP contribution < -0.4 is 15.0 Å². The van der Waals surface area contributed by atoms with Crippen LogP contribution in [0.25, 0.3) is 0 Å². The number of sulfonamides is 1. The van der Waals surface area contributed by atoms with E-state index in [4.69, 9.17) is 16.3 Å². The van der Waals surface area contributed by atoms with Crippen LogP contribution in [0.3, 0.4) is 0 Å². The fraction of sp³-hybridized carbons (Fsp3) is 0.391. The summed E-state index contributed by atoms with van der Waals surface area (Å²) in [4.78, 5) is 26.5. The highest BCUT2D eigenvalue weighted by atomic mass is 35.5. The third kappa shape index (κ3) is 5.31. The summed E-state index contributed by atoms with van der Waals surface area (Å²) >= 11 is 6.13. The van der Waals surface area contributed by atoms with Crippen molar-refractivity contribution in [1.29, 1.82) is 0 Å². The molecule has 176 valence electrons. The maximum absolute atomic E-state index is 13.2. The van der Waals surface area contributed by atoms with Crippen LogP contribution in [0.15, 0.2) is 47.4 Å². The number of halogens is 1. The molecule has 0 aromatic heterocycles. The largest absolute Gasteiger partial charge is 0.482 e. The van der Waals surface area contributed by atoms with Crippen molar-refractivity contribution in [2.45, 2.75) is 37.1 Å². The Hall–Kier alpha value is -2.62. The van der Waals surface area contributed by atoms with Gasteiger partial charge in [0.05, 0.1) is 10.6 Å². The zero-order valence-corrected chi connectivity index (χ0v) is 19.7. The number of anilines is 1. The number of benzene rings is 2. The van der Waals surface area contributed by atoms with Gasteiger partial charge in [-0.2, -0.15) is 4.31 Å². The molecular weight excluding hydrogens is 466 g/mol. The van der Waals surface area contributed by atoms with Crippen LogP contribution in [-0.2, 0) is 26.2 Å². The Labute approximate surface area is 198 Å². The normalized spacial score (nSPS) is 17.1. The van der Waals surface area contributed by atoms with Crippen molar-refractivity contribution in [1.82, 2.24) is 9.62 Å². The molecule has 0 bridgehead atoms. The highest BCUT2D eigenvalue weighted by molar-refractivity contribution is 7.89. The number of ether oxygens (including phenoxy) is 1. The molecule has 10 heteroatoms. The summed E-state index contributed by atoms with van der Waals surface area (Å²) in [6.45, 7) is 0.690. The van der Waals surface area contributed by atoms with Crippen LogP contribution in [0.5, 0.6) is 5.75 Å². The van der Waals surface area contributed by atoms with Crippen molar-refractivity contribution in [3.63, 3.8) is 0 Å². The predicted molar refractivity (Wildman–Crippen MR) is 125 cm³/mol. The fourth-order valence-corrected chi connectivity index (χ4v) is 5.72. The van der Waals surface area contributed by atoms with Gasteiger partial charge in [-0.3, -0.25) is 14.5 Å². The highest BCUT2D eigenvalue weighted by Crippen LogP contribution is 2.35. The van der Waals surface area contributed by atoms with Crippen LogP contribution in [0, 0.1) is 0 Å². The van der Waals surface area contributed by atoms with Gasteiger partial charge in [0.25, 0.3) is 5.91 Å². The third-order valence-electron chi connectivity index (χ3n) is 5.81. The van der Waals surface area contributed by atoms with Crippen molar-refractivity contribution in [3.05, 3.63) is 53.1 Å². The standard InChI is InChI=1S/C23H26ClN3O5S/c24-19-8-4-3-7-17(19)14-25-22(28)15-27-20-13-18(9-10-21(20)32-16-23(27)29)33(30,31)26-11-5-1-2-6-12-26/h3-4,7-10,13H,1-2,5-6,11-12,14-16H2,(H,25,28). The number of carbonyl (C=O) groups is 2. The summed E-state index contributed by atoms with van der Waals surface area (Å²) < 4.78 is 33.4. The second-order valence-corrected chi connectivity index (χ2v) is 10.4. The van der Waals surface area contributed by atoms with Crippen molar-refractivity contribution in [3.8, 4) is 5.75 Å². The highest BCUT2D eigenvalue weighted by Gasteiger charge is 2.31. The Kier molecular flexibility index (Phi) is 7.21. The first kappa shape index (κ1) is 23.5. The van der Waals surface area contributed by atoms with Crippen molar-refractivity contribution >= 4 is 39.1 Å². The van der Waals surface area contributed by atoms with Crippen molar-refractivity contribution < 1.29 is 22.7 Å². The summed E-state index contributed by atoms with van der Waals surface area (Å²) in [5.41, 5.74) is 1.03. The van der Waals surface area contributed by atoms with Crippen LogP contribution in [0.4, 0.5) is 5.69 Å². The van der Waals surface area contributed by atoms with Gasteiger partial charge in [0, 0.05) is 24.7 Å². The first-order valence-corrected chi connectivity index (χ1v) is 12.8. The Bertz CT molecular complexity index is 1150. The topological polar surface area (TPSA) is 96.0 Å². The molecule has 0 saturated carbocycles. The average molecular weight is 492 g/mol. The van der Waals surface area contributed by atoms with E-state index < -0.39 is 21.8 Å². The minimum Gasteiger partial charge on any atom is -0.482 e. The minimum atomic E-state index is -3.71. The molecule has 4 rings (SSSR count). The lowest BCUT2D eigenvalue weighted by Crippen LogP contribution is -2.45. The van der Waals surface area contributed by atoms with Crippen molar-refractivity contribution in [2.24, 2.45) is 0 Å². The van der Waals surface area contributed by atoms with E-state index in [1.54, 1.807) is 24.3 Å². The molecule has 2 aliphatic rings. The molecule has 0 atom stereocenters. The summed E-state index contributed by atoms with van der Waals surface area (Å²) in [5, 5.41) is 3.29. The first-order chi connectivity index (χ1) is 15.9. The maximum Gasteiger partial charge on any atom is 0.265 e. The number of hydrogen-bond donors (Lipinski definition) is 1. The van der Waals surface area contributed by atoms with Gasteiger partial charge in [-0.05, 0) is 42.7 Å². The smallest absolute Gasteiger partial charge is 0.265 e. The summed E-state index contributed by atoms with van der Waals surface area (Å²) in [7, 11) is -3.71. The van der Waals surface area contributed by atoms with Gasteiger partial charge in [-0.1, -0.05) is 42.6 Å². The molecule has 2 aromatic carbocycles. The van der Waals surface area contributed by atoms with Gasteiger partial charge in [0.1, 0.15) is 12.3 Å². The zero-order chi connectivity index (χ0) is 23.4. The van der Waals surface area contributed by atoms with Crippen molar-refractivity contribution in [2.75, 3.05) is 31.1 Å². The van der Waals surface area contributed by atoms with Gasteiger partial charge in [-0.15, -0.1) is 0 Å². The lowest BCUT2D eigenvalue weighted by Gasteiger charge is -2.30. The quantitative estimate of drug-likeness (QED) is 0.670. The van der Waals surface area contributed by atoms with Crippen LogP contribution in [0.1, 0.15) is 31.2 Å². The number of hydrogen-bond acceptors (Lipinski definition) is 5. The van der Waals surface area contributed by atoms with Gasteiger partial charge in [0.2, 0.25) is 15.9 Å². The molecule has 0 aliphatic carbocycles. The predicted octanol–water partition coefficient (Wildman–Crippen LogP) is 2.95. The molecule has 8 nitrogen and oxygen atoms in total. The Morgan fingerprint density at radius 2 is 1.79 bits per heavy atom. The third-order valence-corrected chi connectivity index (χ3v) is 8.08. The van der Waals surface area contributed by atoms with E-state index in [0.717, 1.165) is 31.2 Å². The molecule has 0 spiro atoms. The van der Waals surface area contributed by atoms with Gasteiger partial charge < -0.3 is 10.1 Å². The van der Waals surface area contributed by atoms with E-state index in [0.29, 0.717) is 23.9 Å². The fourth-order valence-electron chi connectivity index (χ4n) is 3.98. The van der Waals surface area contributed by atoms with Crippen LogP contribution in [-0.4, -0.2) is 50.8 Å². The minimum absolute atomic E-state index is 0.0860. The van der Waals surface area contributed by atoms with Gasteiger partial charge in [-0.25, -0.2) is 8.42 Å². The number of nitrogens with one attached hydrogen (secondary N) is 1. The van der Waals surface area contributed by atoms with E-state index in [1.165, 1.54) is 21.3 Å². The molecule has 2 heterocycles. The Balaban J connectivity index is 1.53. The summed E-state index contributed by atoms with van der Waals surface area (Å²) in [5.74, 6) is -0.445. The number of carbonyl (C=O) groups excluding carboxylic acids is 2. The molecule has 1 N–H and O–H groups in total. The lowest BCUT2D eigenvalue weighted by molar-refractivity contribution is -0.125. The molecular formula is C23H26ClN3O5S. The molecule has 0 radical (unpaired) electrons. The maximum atomic E-state index is 13.2. The molecule has 33 heavy (non-hydrogen) atoms. The number of fused-ring (bicyclic) bond motifs is 1. The molecule has 1 saturated heterocycles. The second kappa shape index (κ2) is 10.1. The number of amides is 2. The Morgan fingerprint density at radius 1 is 1.06 bits per heavy atom. The monoisotopic (exact) mass is 491 g/mol. The first-order valence-electron chi connectivity index (χ1n) is 10.9. The Morgan fingerprint density at radius 3 is 2.52 bits per heavy atom. The van der Waals surface area contributed by atoms with E-state index in [9.17, 15) is 18.0 Å². The molecule has 2 amide bonds. The van der Waals surface area contributed by atoms with E-state index in [-0.39, 0.29) is 30.3 Å². The second-order valence-electron chi connectivity index (χ2n) is 8.08. The van der Waals surface area contributed by atoms with E-state index in [2.05, 4.69) is 5.32 Å². The summed E-state index contributed by atoms with van der Waals surface area (Å²) in [6, 6.07) is 11.6. The zero-order valence-electron chi connectivity index (χ0n) is 18.1. The number of rotatable bonds is 6. The molecule has 1 fully saturated rings. The lowest BCUT2D eigenvalue weighted by atomic mass is 10.2. The number of nitrogens with zero attached hydrogens (tertiary/aromatic N) is 2. The van der Waals surface area contributed by atoms with Gasteiger partial charge >= 0.3 is 0 Å². The molecule has 2 aliphatic heterocycles. The summed E-state index contributed by atoms with van der Waals surface area (Å²) in [6.07, 6.45) is 3.66. The SMILES string of the molecule is O=C(CN1C(=O)COc2ccc(S(=O)(=O)N3CCCCCC3)cc21)NCc1ccccc1Cl. The van der Waals surface area contributed by atoms with Crippen LogP contribution in [0.2, 0.25) is 5.02 Å². The van der Waals surface area contributed by atoms with E-state index >= 15 is 0 Å². The van der Waals surface area contributed by atoms with E-state index in [1.807, 2.05) is 6.07 Å². The van der Waals surface area contributed by atoms with Gasteiger partial charge in [0.15, 0.2) is 6.61 Å². The molecule has 0 unspecified atom stereocenters.